The number of hydrogen-bond acceptors (Lipinski definition) is 4. The fourth-order valence-corrected chi connectivity index (χ4v) is 1.99. The molecule has 0 radical (unpaired) electrons. The Morgan fingerprint density at radius 1 is 1.20 bits per heavy atom. The lowest BCUT2D eigenvalue weighted by molar-refractivity contribution is -0.137. The van der Waals surface area contributed by atoms with Gasteiger partial charge in [-0.1, -0.05) is 19.9 Å². The van der Waals surface area contributed by atoms with E-state index in [2.05, 4.69) is 34.4 Å². The minimum absolute atomic E-state index is 0.109. The van der Waals surface area contributed by atoms with Gasteiger partial charge in [0, 0.05) is 24.6 Å². The average molecular weight is 352 g/mol. The number of nitrogens with one attached hydrogen (secondary N) is 2. The first-order valence-corrected chi connectivity index (χ1v) is 7.80. The van der Waals surface area contributed by atoms with Crippen LogP contribution in [0, 0.1) is 5.92 Å². The van der Waals surface area contributed by atoms with Crippen molar-refractivity contribution in [1.82, 2.24) is 15.3 Å². The maximum atomic E-state index is 12.7. The summed E-state index contributed by atoms with van der Waals surface area (Å²) in [4.78, 5) is 19.8. The molecule has 0 bridgehead atoms. The molecule has 0 aliphatic heterocycles. The van der Waals surface area contributed by atoms with Crippen LogP contribution < -0.4 is 10.6 Å². The van der Waals surface area contributed by atoms with E-state index in [0.717, 1.165) is 18.6 Å². The number of nitrogens with zero attached hydrogens (tertiary/aromatic N) is 2. The maximum absolute atomic E-state index is 12.7. The second-order valence-corrected chi connectivity index (χ2v) is 5.94. The highest BCUT2D eigenvalue weighted by molar-refractivity contribution is 5.93. The molecule has 0 spiro atoms. The van der Waals surface area contributed by atoms with E-state index >= 15 is 0 Å². The summed E-state index contributed by atoms with van der Waals surface area (Å²) in [5.74, 6) is 0.305. The van der Waals surface area contributed by atoms with Gasteiger partial charge in [0.2, 0.25) is 5.95 Å². The van der Waals surface area contributed by atoms with E-state index < -0.39 is 11.7 Å². The van der Waals surface area contributed by atoms with Crippen molar-refractivity contribution in [3.05, 3.63) is 47.8 Å². The number of aromatic nitrogens is 2. The van der Waals surface area contributed by atoms with Crippen LogP contribution in [0.15, 0.2) is 36.7 Å². The quantitative estimate of drug-likeness (QED) is 0.824. The van der Waals surface area contributed by atoms with Gasteiger partial charge in [-0.25, -0.2) is 9.97 Å². The van der Waals surface area contributed by atoms with E-state index in [1.165, 1.54) is 24.5 Å². The molecule has 0 aliphatic rings. The highest BCUT2D eigenvalue weighted by atomic mass is 19.4. The standard InChI is InChI=1S/C17H19F3N4O/c1-11(2)6-7-21-15(25)12-9-22-16(23-10-12)24-14-5-3-4-13(8-14)17(18,19)20/h3-5,8-11H,6-7H2,1-2H3,(H,21,25)(H,22,23,24). The Bertz CT molecular complexity index is 715. The van der Waals surface area contributed by atoms with Crippen LogP contribution in [0.25, 0.3) is 0 Å². The van der Waals surface area contributed by atoms with Gasteiger partial charge in [0.25, 0.3) is 5.91 Å². The van der Waals surface area contributed by atoms with Gasteiger partial charge in [0.05, 0.1) is 11.1 Å². The van der Waals surface area contributed by atoms with E-state index in [4.69, 9.17) is 0 Å². The molecule has 0 unspecified atom stereocenters. The molecule has 2 rings (SSSR count). The van der Waals surface area contributed by atoms with Crippen LogP contribution in [0.2, 0.25) is 0 Å². The van der Waals surface area contributed by atoms with Crippen molar-refractivity contribution in [1.29, 1.82) is 0 Å². The summed E-state index contributed by atoms with van der Waals surface area (Å²) in [5.41, 5.74) is -0.263. The third kappa shape index (κ3) is 5.74. The zero-order valence-electron chi connectivity index (χ0n) is 13.9. The number of carbonyl (C=O) groups is 1. The average Bonchev–Trinajstić information content (AvgIpc) is 2.54. The lowest BCUT2D eigenvalue weighted by Gasteiger charge is -2.10. The number of hydrogen-bond donors (Lipinski definition) is 2. The van der Waals surface area contributed by atoms with Crippen LogP contribution in [0.4, 0.5) is 24.8 Å². The van der Waals surface area contributed by atoms with Crippen LogP contribution in [0.5, 0.6) is 0 Å². The number of amides is 1. The molecular weight excluding hydrogens is 333 g/mol. The minimum Gasteiger partial charge on any atom is -0.352 e. The van der Waals surface area contributed by atoms with Crippen molar-refractivity contribution in [3.63, 3.8) is 0 Å². The van der Waals surface area contributed by atoms with Gasteiger partial charge in [0.15, 0.2) is 0 Å². The number of halogens is 3. The number of rotatable bonds is 6. The topological polar surface area (TPSA) is 66.9 Å². The highest BCUT2D eigenvalue weighted by Crippen LogP contribution is 2.31. The Kier molecular flexibility index (Phi) is 5.95. The molecule has 2 N–H and O–H groups in total. The molecule has 0 atom stereocenters. The Hall–Kier alpha value is -2.64. The molecule has 8 heteroatoms. The Labute approximate surface area is 143 Å². The number of alkyl halides is 3. The zero-order chi connectivity index (χ0) is 18.4. The van der Waals surface area contributed by atoms with Gasteiger partial charge < -0.3 is 10.6 Å². The maximum Gasteiger partial charge on any atom is 0.416 e. The highest BCUT2D eigenvalue weighted by Gasteiger charge is 2.30. The SMILES string of the molecule is CC(C)CCNC(=O)c1cnc(Nc2cccc(C(F)(F)F)c2)nc1. The van der Waals surface area contributed by atoms with Gasteiger partial charge in [-0.3, -0.25) is 4.79 Å². The van der Waals surface area contributed by atoms with E-state index in [9.17, 15) is 18.0 Å². The van der Waals surface area contributed by atoms with Gasteiger partial charge in [-0.2, -0.15) is 13.2 Å². The zero-order valence-corrected chi connectivity index (χ0v) is 13.9. The van der Waals surface area contributed by atoms with E-state index in [-0.39, 0.29) is 17.5 Å². The molecule has 1 aromatic heterocycles. The number of anilines is 2. The molecule has 1 heterocycles. The fourth-order valence-electron chi connectivity index (χ4n) is 1.99. The fraction of sp³-hybridized carbons (Fsp3) is 0.353. The summed E-state index contributed by atoms with van der Waals surface area (Å²) in [7, 11) is 0. The smallest absolute Gasteiger partial charge is 0.352 e. The monoisotopic (exact) mass is 352 g/mol. The number of carbonyl (C=O) groups excluding carboxylic acids is 1. The lowest BCUT2D eigenvalue weighted by atomic mass is 10.1. The third-order valence-corrected chi connectivity index (χ3v) is 3.37. The van der Waals surface area contributed by atoms with Crippen molar-refractivity contribution in [3.8, 4) is 0 Å². The van der Waals surface area contributed by atoms with Crippen molar-refractivity contribution in [2.75, 3.05) is 11.9 Å². The van der Waals surface area contributed by atoms with Crippen molar-refractivity contribution < 1.29 is 18.0 Å². The summed E-state index contributed by atoms with van der Waals surface area (Å²) in [6, 6.07) is 4.72. The van der Waals surface area contributed by atoms with Crippen LogP contribution in [-0.4, -0.2) is 22.4 Å². The van der Waals surface area contributed by atoms with Crippen molar-refractivity contribution in [2.45, 2.75) is 26.4 Å². The Morgan fingerprint density at radius 2 is 1.88 bits per heavy atom. The summed E-state index contributed by atoms with van der Waals surface area (Å²) in [6.45, 7) is 4.67. The van der Waals surface area contributed by atoms with Crippen molar-refractivity contribution in [2.24, 2.45) is 5.92 Å². The summed E-state index contributed by atoms with van der Waals surface area (Å²) in [6.07, 6.45) is -0.903. The normalized spacial score (nSPS) is 11.4. The first-order chi connectivity index (χ1) is 11.8. The molecule has 134 valence electrons. The Morgan fingerprint density at radius 3 is 2.48 bits per heavy atom. The molecule has 0 saturated heterocycles. The largest absolute Gasteiger partial charge is 0.416 e. The number of benzene rings is 1. The molecule has 2 aromatic rings. The molecule has 1 amide bonds. The van der Waals surface area contributed by atoms with Crippen LogP contribution in [0.3, 0.4) is 0 Å². The van der Waals surface area contributed by atoms with Gasteiger partial charge in [-0.15, -0.1) is 0 Å². The van der Waals surface area contributed by atoms with Gasteiger partial charge in [0.1, 0.15) is 0 Å². The molecule has 0 aliphatic carbocycles. The second-order valence-electron chi connectivity index (χ2n) is 5.94. The first kappa shape index (κ1) is 18.7. The van der Waals surface area contributed by atoms with Crippen molar-refractivity contribution >= 4 is 17.5 Å². The molecular formula is C17H19F3N4O. The van der Waals surface area contributed by atoms with Gasteiger partial charge >= 0.3 is 6.18 Å². The second kappa shape index (κ2) is 7.96. The summed E-state index contributed by atoms with van der Waals surface area (Å²) in [5, 5.41) is 5.45. The van der Waals surface area contributed by atoms with Gasteiger partial charge in [-0.05, 0) is 30.5 Å². The molecule has 1 aromatic carbocycles. The van der Waals surface area contributed by atoms with Crippen LogP contribution in [0.1, 0.15) is 36.2 Å². The minimum atomic E-state index is -4.42. The van der Waals surface area contributed by atoms with E-state index in [1.807, 2.05) is 0 Å². The van der Waals surface area contributed by atoms with Crippen LogP contribution >= 0.6 is 0 Å². The predicted octanol–water partition coefficient (Wildman–Crippen LogP) is 4.01. The molecule has 25 heavy (non-hydrogen) atoms. The van der Waals surface area contributed by atoms with Crippen LogP contribution in [-0.2, 0) is 6.18 Å². The first-order valence-electron chi connectivity index (χ1n) is 7.80. The Balaban J connectivity index is 2.00. The molecule has 0 fully saturated rings. The van der Waals surface area contributed by atoms with E-state index in [0.29, 0.717) is 18.0 Å². The molecule has 0 saturated carbocycles. The summed E-state index contributed by atoms with van der Waals surface area (Å²) < 4.78 is 38.1. The predicted molar refractivity (Wildman–Crippen MR) is 88.5 cm³/mol. The van der Waals surface area contributed by atoms with E-state index in [1.54, 1.807) is 0 Å². The molecule has 5 nitrogen and oxygen atoms in total. The summed E-state index contributed by atoms with van der Waals surface area (Å²) >= 11 is 0. The third-order valence-electron chi connectivity index (χ3n) is 3.37. The lowest BCUT2D eigenvalue weighted by Crippen LogP contribution is -2.25.